The molecule has 3 nitrogen and oxygen atoms in total. The Kier molecular flexibility index (Phi) is 4.44. The van der Waals surface area contributed by atoms with Gasteiger partial charge in [0.05, 0.1) is 10.7 Å². The number of hydrogen-bond donors (Lipinski definition) is 1. The Morgan fingerprint density at radius 2 is 1.83 bits per heavy atom. The minimum absolute atomic E-state index is 0.534. The van der Waals surface area contributed by atoms with Crippen molar-refractivity contribution in [2.75, 3.05) is 5.32 Å². The van der Waals surface area contributed by atoms with Crippen LogP contribution in [0.3, 0.4) is 0 Å². The number of rotatable bonds is 4. The number of anilines is 1. The number of nitrogens with zero attached hydrogens (tertiary/aromatic N) is 2. The standard InChI is InChI=1S/C20H22ClN3/c21-16-11-12-19-23-18(13-15-7-3-1-4-8-15)20(24(19)14-16)22-17-9-5-2-6-10-17/h1,3-4,7-8,11-12,14,17,22H,2,5-6,9-10,13H2. The van der Waals surface area contributed by atoms with E-state index in [0.717, 1.165) is 28.6 Å². The van der Waals surface area contributed by atoms with Gasteiger partial charge in [-0.05, 0) is 30.5 Å². The van der Waals surface area contributed by atoms with Crippen molar-refractivity contribution in [1.29, 1.82) is 0 Å². The molecule has 0 aliphatic heterocycles. The number of hydrogen-bond acceptors (Lipinski definition) is 2. The Morgan fingerprint density at radius 3 is 2.62 bits per heavy atom. The van der Waals surface area contributed by atoms with Gasteiger partial charge >= 0.3 is 0 Å². The van der Waals surface area contributed by atoms with Gasteiger partial charge in [0.1, 0.15) is 11.5 Å². The Balaban J connectivity index is 1.72. The van der Waals surface area contributed by atoms with Gasteiger partial charge < -0.3 is 5.32 Å². The molecule has 0 amide bonds. The Bertz CT molecular complexity index is 820. The summed E-state index contributed by atoms with van der Waals surface area (Å²) in [5, 5.41) is 4.50. The first kappa shape index (κ1) is 15.5. The zero-order valence-electron chi connectivity index (χ0n) is 13.7. The molecule has 2 heterocycles. The first-order chi connectivity index (χ1) is 11.8. The molecule has 2 aromatic heterocycles. The van der Waals surface area contributed by atoms with Gasteiger partial charge in [-0.2, -0.15) is 0 Å². The largest absolute Gasteiger partial charge is 0.367 e. The molecule has 1 aliphatic carbocycles. The summed E-state index contributed by atoms with van der Waals surface area (Å²) < 4.78 is 2.11. The van der Waals surface area contributed by atoms with Crippen molar-refractivity contribution in [3.63, 3.8) is 0 Å². The molecule has 1 aromatic carbocycles. The predicted molar refractivity (Wildman–Crippen MR) is 99.9 cm³/mol. The minimum Gasteiger partial charge on any atom is -0.367 e. The average Bonchev–Trinajstić information content (AvgIpc) is 2.94. The molecule has 1 N–H and O–H groups in total. The lowest BCUT2D eigenvalue weighted by Gasteiger charge is -2.24. The highest BCUT2D eigenvalue weighted by Gasteiger charge is 2.19. The van der Waals surface area contributed by atoms with E-state index in [1.54, 1.807) is 0 Å². The summed E-state index contributed by atoms with van der Waals surface area (Å²) in [6.45, 7) is 0. The number of fused-ring (bicyclic) bond motifs is 1. The molecule has 0 saturated heterocycles. The van der Waals surface area contributed by atoms with E-state index in [2.05, 4.69) is 34.0 Å². The number of halogens is 1. The van der Waals surface area contributed by atoms with Crippen LogP contribution in [0.5, 0.6) is 0 Å². The van der Waals surface area contributed by atoms with Crippen LogP contribution in [-0.4, -0.2) is 15.4 Å². The van der Waals surface area contributed by atoms with Crippen LogP contribution in [0, 0.1) is 0 Å². The number of imidazole rings is 1. The molecule has 4 heteroatoms. The molecular formula is C20H22ClN3. The van der Waals surface area contributed by atoms with Crippen LogP contribution in [0.4, 0.5) is 5.82 Å². The minimum atomic E-state index is 0.534. The van der Waals surface area contributed by atoms with Crippen molar-refractivity contribution >= 4 is 23.1 Å². The van der Waals surface area contributed by atoms with E-state index >= 15 is 0 Å². The van der Waals surface area contributed by atoms with Crippen molar-refractivity contribution in [3.05, 3.63) is 64.9 Å². The van der Waals surface area contributed by atoms with Gasteiger partial charge in [0, 0.05) is 18.7 Å². The zero-order chi connectivity index (χ0) is 16.4. The van der Waals surface area contributed by atoms with Gasteiger partial charge in [0.15, 0.2) is 0 Å². The number of pyridine rings is 1. The Morgan fingerprint density at radius 1 is 1.04 bits per heavy atom. The summed E-state index contributed by atoms with van der Waals surface area (Å²) in [4.78, 5) is 4.86. The lowest BCUT2D eigenvalue weighted by atomic mass is 9.95. The average molecular weight is 340 g/mol. The Hall–Kier alpha value is -2.00. The third-order valence-electron chi connectivity index (χ3n) is 4.82. The number of aromatic nitrogens is 2. The normalized spacial score (nSPS) is 15.7. The van der Waals surface area contributed by atoms with Gasteiger partial charge in [0.25, 0.3) is 0 Å². The van der Waals surface area contributed by atoms with E-state index < -0.39 is 0 Å². The topological polar surface area (TPSA) is 29.3 Å². The lowest BCUT2D eigenvalue weighted by Crippen LogP contribution is -2.23. The predicted octanol–water partition coefficient (Wildman–Crippen LogP) is 5.32. The lowest BCUT2D eigenvalue weighted by molar-refractivity contribution is 0.461. The summed E-state index contributed by atoms with van der Waals surface area (Å²) in [5.41, 5.74) is 3.32. The molecule has 1 saturated carbocycles. The second-order valence-electron chi connectivity index (χ2n) is 6.62. The second kappa shape index (κ2) is 6.86. The van der Waals surface area contributed by atoms with Crippen LogP contribution in [0.2, 0.25) is 5.02 Å². The molecule has 0 radical (unpaired) electrons. The fraction of sp³-hybridized carbons (Fsp3) is 0.350. The molecule has 0 unspecified atom stereocenters. The van der Waals surface area contributed by atoms with E-state index in [1.807, 2.05) is 24.4 Å². The molecule has 4 rings (SSSR count). The highest BCUT2D eigenvalue weighted by molar-refractivity contribution is 6.30. The highest BCUT2D eigenvalue weighted by atomic mass is 35.5. The van der Waals surface area contributed by atoms with E-state index in [9.17, 15) is 0 Å². The molecule has 3 aromatic rings. The molecule has 0 bridgehead atoms. The fourth-order valence-corrected chi connectivity index (χ4v) is 3.73. The SMILES string of the molecule is Clc1ccc2nc(Cc3ccccc3)c(NC3CCCCC3)n2c1. The van der Waals surface area contributed by atoms with E-state index in [0.29, 0.717) is 6.04 Å². The van der Waals surface area contributed by atoms with Crippen LogP contribution >= 0.6 is 11.6 Å². The molecule has 0 atom stereocenters. The number of benzene rings is 1. The quantitative estimate of drug-likeness (QED) is 0.696. The summed E-state index contributed by atoms with van der Waals surface area (Å²) in [6.07, 6.45) is 9.23. The molecule has 24 heavy (non-hydrogen) atoms. The van der Waals surface area contributed by atoms with E-state index in [-0.39, 0.29) is 0 Å². The fourth-order valence-electron chi connectivity index (χ4n) is 3.57. The van der Waals surface area contributed by atoms with Crippen molar-refractivity contribution in [1.82, 2.24) is 9.38 Å². The molecule has 124 valence electrons. The van der Waals surface area contributed by atoms with E-state index in [1.165, 1.54) is 37.7 Å². The third kappa shape index (κ3) is 3.27. The summed E-state index contributed by atoms with van der Waals surface area (Å²) in [5.74, 6) is 1.10. The van der Waals surface area contributed by atoms with Crippen LogP contribution in [0.25, 0.3) is 5.65 Å². The summed E-state index contributed by atoms with van der Waals surface area (Å²) in [7, 11) is 0. The molecule has 1 aliphatic rings. The van der Waals surface area contributed by atoms with Gasteiger partial charge in [-0.25, -0.2) is 4.98 Å². The smallest absolute Gasteiger partial charge is 0.138 e. The highest BCUT2D eigenvalue weighted by Crippen LogP contribution is 2.27. The van der Waals surface area contributed by atoms with Crippen LogP contribution in [0.1, 0.15) is 43.4 Å². The monoisotopic (exact) mass is 339 g/mol. The maximum atomic E-state index is 6.23. The van der Waals surface area contributed by atoms with Crippen molar-refractivity contribution in [2.24, 2.45) is 0 Å². The van der Waals surface area contributed by atoms with Crippen LogP contribution in [-0.2, 0) is 6.42 Å². The second-order valence-corrected chi connectivity index (χ2v) is 7.06. The van der Waals surface area contributed by atoms with Gasteiger partial charge in [0.2, 0.25) is 0 Å². The van der Waals surface area contributed by atoms with Gasteiger partial charge in [-0.3, -0.25) is 4.40 Å². The van der Waals surface area contributed by atoms with Crippen molar-refractivity contribution < 1.29 is 0 Å². The molecular weight excluding hydrogens is 318 g/mol. The first-order valence-corrected chi connectivity index (χ1v) is 9.14. The Labute approximate surface area is 147 Å². The van der Waals surface area contributed by atoms with Gasteiger partial charge in [-0.1, -0.05) is 61.2 Å². The first-order valence-electron chi connectivity index (χ1n) is 8.76. The van der Waals surface area contributed by atoms with E-state index in [4.69, 9.17) is 16.6 Å². The summed E-state index contributed by atoms with van der Waals surface area (Å²) >= 11 is 6.23. The molecule has 0 spiro atoms. The van der Waals surface area contributed by atoms with Crippen molar-refractivity contribution in [2.45, 2.75) is 44.6 Å². The third-order valence-corrected chi connectivity index (χ3v) is 5.04. The van der Waals surface area contributed by atoms with Crippen molar-refractivity contribution in [3.8, 4) is 0 Å². The number of nitrogens with one attached hydrogen (secondary N) is 1. The summed E-state index contributed by atoms with van der Waals surface area (Å²) in [6, 6.07) is 14.9. The maximum Gasteiger partial charge on any atom is 0.138 e. The molecule has 1 fully saturated rings. The van der Waals surface area contributed by atoms with Crippen LogP contribution < -0.4 is 5.32 Å². The van der Waals surface area contributed by atoms with Gasteiger partial charge in [-0.15, -0.1) is 0 Å². The van der Waals surface area contributed by atoms with Crippen LogP contribution in [0.15, 0.2) is 48.7 Å². The zero-order valence-corrected chi connectivity index (χ0v) is 14.5. The maximum absolute atomic E-state index is 6.23.